The zero-order valence-electron chi connectivity index (χ0n) is 17.9. The maximum atomic E-state index is 13.8. The van der Waals surface area contributed by atoms with E-state index >= 15 is 0 Å². The molecule has 1 aliphatic rings. The van der Waals surface area contributed by atoms with Crippen LogP contribution < -0.4 is 10.1 Å². The van der Waals surface area contributed by atoms with Crippen LogP contribution in [-0.4, -0.2) is 28.9 Å². The van der Waals surface area contributed by atoms with Gasteiger partial charge in [-0.05, 0) is 23.3 Å². The minimum absolute atomic E-state index is 0.0811. The average Bonchev–Trinajstić information content (AvgIpc) is 3.44. The fraction of sp³-hybridized carbons (Fsp3) is 0.115. The number of amides is 3. The summed E-state index contributed by atoms with van der Waals surface area (Å²) < 4.78 is 5.44. The van der Waals surface area contributed by atoms with Crippen molar-refractivity contribution in [2.24, 2.45) is 0 Å². The monoisotopic (exact) mass is 455 g/mol. The Labute approximate surface area is 195 Å². The summed E-state index contributed by atoms with van der Waals surface area (Å²) in [5, 5.41) is 5.61. The lowest BCUT2D eigenvalue weighted by molar-refractivity contribution is -0.130. The highest BCUT2D eigenvalue weighted by atomic mass is 32.1. The van der Waals surface area contributed by atoms with Crippen LogP contribution in [0.1, 0.15) is 16.8 Å². The van der Waals surface area contributed by atoms with Crippen molar-refractivity contribution in [3.8, 4) is 16.3 Å². The minimum Gasteiger partial charge on any atom is -0.496 e. The van der Waals surface area contributed by atoms with Crippen molar-refractivity contribution in [2.75, 3.05) is 7.11 Å². The van der Waals surface area contributed by atoms with Crippen molar-refractivity contribution in [2.45, 2.75) is 12.1 Å². The third-order valence-electron chi connectivity index (χ3n) is 5.73. The lowest BCUT2D eigenvalue weighted by Crippen LogP contribution is -2.45. The Balaban J connectivity index is 1.49. The van der Waals surface area contributed by atoms with Gasteiger partial charge in [-0.25, -0.2) is 9.78 Å². The summed E-state index contributed by atoms with van der Waals surface area (Å²) in [6.45, 7) is 0.0811. The Morgan fingerprint density at radius 2 is 1.52 bits per heavy atom. The number of imide groups is 1. The van der Waals surface area contributed by atoms with Gasteiger partial charge in [-0.2, -0.15) is 0 Å². The molecule has 1 N–H and O–H groups in total. The fourth-order valence-electron chi connectivity index (χ4n) is 4.14. The van der Waals surface area contributed by atoms with Crippen LogP contribution >= 0.6 is 11.3 Å². The van der Waals surface area contributed by atoms with Crippen LogP contribution in [0.3, 0.4) is 0 Å². The van der Waals surface area contributed by atoms with E-state index in [1.165, 1.54) is 16.2 Å². The van der Waals surface area contributed by atoms with Gasteiger partial charge in [0.1, 0.15) is 10.8 Å². The van der Waals surface area contributed by atoms with Gasteiger partial charge in [0, 0.05) is 5.38 Å². The van der Waals surface area contributed by atoms with E-state index in [1.807, 2.05) is 90.3 Å². The van der Waals surface area contributed by atoms with Gasteiger partial charge >= 0.3 is 6.03 Å². The SMILES string of the molecule is COc1ccccc1-c1nc(CN2C(=O)NC(c3ccccc3)(c3ccccc3)C2=O)cs1. The van der Waals surface area contributed by atoms with Gasteiger partial charge in [-0.1, -0.05) is 72.8 Å². The quantitative estimate of drug-likeness (QED) is 0.424. The van der Waals surface area contributed by atoms with Gasteiger partial charge in [0.05, 0.1) is 24.9 Å². The van der Waals surface area contributed by atoms with Crippen LogP contribution in [0.2, 0.25) is 0 Å². The van der Waals surface area contributed by atoms with Crippen molar-refractivity contribution in [3.05, 3.63) is 107 Å². The molecule has 164 valence electrons. The van der Waals surface area contributed by atoms with Crippen LogP contribution in [0.4, 0.5) is 4.79 Å². The largest absolute Gasteiger partial charge is 0.496 e. The number of rotatable bonds is 6. The van der Waals surface area contributed by atoms with Crippen LogP contribution in [0.5, 0.6) is 5.75 Å². The molecule has 0 atom stereocenters. The van der Waals surface area contributed by atoms with Crippen LogP contribution in [0.15, 0.2) is 90.3 Å². The highest BCUT2D eigenvalue weighted by Crippen LogP contribution is 2.37. The summed E-state index contributed by atoms with van der Waals surface area (Å²) >= 11 is 1.45. The predicted molar refractivity (Wildman–Crippen MR) is 127 cm³/mol. The number of urea groups is 1. The molecule has 0 spiro atoms. The second kappa shape index (κ2) is 8.52. The Morgan fingerprint density at radius 1 is 0.909 bits per heavy atom. The molecule has 1 fully saturated rings. The van der Waals surface area contributed by atoms with Crippen molar-refractivity contribution < 1.29 is 14.3 Å². The van der Waals surface area contributed by atoms with Gasteiger partial charge in [0.2, 0.25) is 0 Å². The molecule has 0 saturated carbocycles. The Hall–Kier alpha value is -3.97. The number of hydrogen-bond acceptors (Lipinski definition) is 5. The number of methoxy groups -OCH3 is 1. The highest BCUT2D eigenvalue weighted by molar-refractivity contribution is 7.13. The maximum Gasteiger partial charge on any atom is 0.325 e. The summed E-state index contributed by atoms with van der Waals surface area (Å²) in [7, 11) is 1.62. The molecule has 5 rings (SSSR count). The van der Waals surface area contributed by atoms with E-state index in [-0.39, 0.29) is 12.5 Å². The number of hydrogen-bond donors (Lipinski definition) is 1. The van der Waals surface area contributed by atoms with Crippen molar-refractivity contribution in [1.82, 2.24) is 15.2 Å². The topological polar surface area (TPSA) is 71.5 Å². The first-order chi connectivity index (χ1) is 16.1. The number of carbonyl (C=O) groups excluding carboxylic acids is 2. The third-order valence-corrected chi connectivity index (χ3v) is 6.65. The summed E-state index contributed by atoms with van der Waals surface area (Å²) in [5.74, 6) is 0.400. The number of nitrogens with zero attached hydrogens (tertiary/aromatic N) is 2. The minimum atomic E-state index is -1.28. The van der Waals surface area contributed by atoms with E-state index in [1.54, 1.807) is 7.11 Å². The van der Waals surface area contributed by atoms with Gasteiger partial charge in [0.15, 0.2) is 5.54 Å². The van der Waals surface area contributed by atoms with Crippen molar-refractivity contribution >= 4 is 23.3 Å². The molecule has 0 radical (unpaired) electrons. The number of aromatic nitrogens is 1. The maximum absolute atomic E-state index is 13.8. The first-order valence-electron chi connectivity index (χ1n) is 10.5. The first-order valence-corrected chi connectivity index (χ1v) is 11.3. The first kappa shape index (κ1) is 20.9. The van der Waals surface area contributed by atoms with E-state index < -0.39 is 11.6 Å². The highest BCUT2D eigenvalue weighted by Gasteiger charge is 2.53. The van der Waals surface area contributed by atoms with Gasteiger partial charge in [-0.15, -0.1) is 11.3 Å². The molecule has 1 aromatic heterocycles. The fourth-order valence-corrected chi connectivity index (χ4v) is 4.98. The molecule has 4 aromatic rings. The molecule has 1 aliphatic heterocycles. The number of ether oxygens (including phenoxy) is 1. The Bertz CT molecular complexity index is 1270. The second-order valence-corrected chi connectivity index (χ2v) is 8.51. The molecule has 0 aliphatic carbocycles. The standard InChI is InChI=1S/C26H21N3O3S/c1-32-22-15-9-8-14-21(22)23-27-20(17-33-23)16-29-24(30)26(28-25(29)31,18-10-4-2-5-11-18)19-12-6-3-7-13-19/h2-15,17H,16H2,1H3,(H,28,31). The average molecular weight is 456 g/mol. The molecular formula is C26H21N3O3S. The van der Waals surface area contributed by atoms with Crippen LogP contribution in [-0.2, 0) is 16.9 Å². The van der Waals surface area contributed by atoms with E-state index in [2.05, 4.69) is 10.3 Å². The molecule has 7 heteroatoms. The Morgan fingerprint density at radius 3 is 2.15 bits per heavy atom. The predicted octanol–water partition coefficient (Wildman–Crippen LogP) is 4.81. The van der Waals surface area contributed by atoms with Crippen LogP contribution in [0, 0.1) is 0 Å². The van der Waals surface area contributed by atoms with Crippen molar-refractivity contribution in [3.63, 3.8) is 0 Å². The van der Waals surface area contributed by atoms with Gasteiger partial charge in [0.25, 0.3) is 5.91 Å². The van der Waals surface area contributed by atoms with Gasteiger partial charge in [-0.3, -0.25) is 9.69 Å². The zero-order valence-corrected chi connectivity index (χ0v) is 18.7. The molecule has 0 bridgehead atoms. The summed E-state index contributed by atoms with van der Waals surface area (Å²) in [4.78, 5) is 32.8. The van der Waals surface area contributed by atoms with Crippen molar-refractivity contribution in [1.29, 1.82) is 0 Å². The number of nitrogens with one attached hydrogen (secondary N) is 1. The van der Waals surface area contributed by atoms with Gasteiger partial charge < -0.3 is 10.1 Å². The molecule has 6 nitrogen and oxygen atoms in total. The molecule has 3 aromatic carbocycles. The molecule has 3 amide bonds. The molecular weight excluding hydrogens is 434 g/mol. The lowest BCUT2D eigenvalue weighted by atomic mass is 9.82. The van der Waals surface area contributed by atoms with Crippen LogP contribution in [0.25, 0.3) is 10.6 Å². The Kier molecular flexibility index (Phi) is 5.40. The molecule has 1 saturated heterocycles. The summed E-state index contributed by atoms with van der Waals surface area (Å²) in [5.41, 5.74) is 1.66. The second-order valence-electron chi connectivity index (χ2n) is 7.65. The zero-order chi connectivity index (χ0) is 22.8. The summed E-state index contributed by atoms with van der Waals surface area (Å²) in [6, 6.07) is 25.8. The summed E-state index contributed by atoms with van der Waals surface area (Å²) in [6.07, 6.45) is 0. The molecule has 0 unspecified atom stereocenters. The molecule has 33 heavy (non-hydrogen) atoms. The van der Waals surface area contributed by atoms with E-state index in [4.69, 9.17) is 4.74 Å². The van der Waals surface area contributed by atoms with E-state index in [0.717, 1.165) is 16.3 Å². The normalized spacial score (nSPS) is 14.9. The smallest absolute Gasteiger partial charge is 0.325 e. The van der Waals surface area contributed by atoms with E-state index in [9.17, 15) is 9.59 Å². The van der Waals surface area contributed by atoms with E-state index in [0.29, 0.717) is 16.8 Å². The number of carbonyl (C=O) groups is 2. The third kappa shape index (κ3) is 3.56. The number of para-hydroxylation sites is 1. The number of benzene rings is 3. The number of thiazole rings is 1. The molecule has 2 heterocycles. The lowest BCUT2D eigenvalue weighted by Gasteiger charge is -2.27.